The van der Waals surface area contributed by atoms with E-state index in [2.05, 4.69) is 42.9 Å². The zero-order chi connectivity index (χ0) is 13.8. The third-order valence-corrected chi connectivity index (χ3v) is 5.27. The number of aromatic nitrogens is 1. The minimum absolute atomic E-state index is 0.481. The van der Waals surface area contributed by atoms with Crippen molar-refractivity contribution >= 4 is 11.3 Å². The number of nitrogens with one attached hydrogen (secondary N) is 1. The molecule has 2 unspecified atom stereocenters. The molecule has 2 atom stereocenters. The molecule has 1 aliphatic heterocycles. The fourth-order valence-electron chi connectivity index (χ4n) is 2.62. The molecule has 4 heteroatoms. The summed E-state index contributed by atoms with van der Waals surface area (Å²) in [5.41, 5.74) is 0. The van der Waals surface area contributed by atoms with Gasteiger partial charge in [-0.15, -0.1) is 11.3 Å². The molecule has 19 heavy (non-hydrogen) atoms. The second-order valence-electron chi connectivity index (χ2n) is 5.91. The Balaban J connectivity index is 1.85. The average Bonchev–Trinajstić information content (AvgIpc) is 3.04. The van der Waals surface area contributed by atoms with Crippen LogP contribution in [-0.2, 0) is 6.42 Å². The van der Waals surface area contributed by atoms with Crippen LogP contribution in [0.15, 0.2) is 6.20 Å². The highest BCUT2D eigenvalue weighted by Gasteiger charge is 2.27. The maximum Gasteiger partial charge on any atom is 0.110 e. The molecule has 0 saturated carbocycles. The van der Waals surface area contributed by atoms with Crippen molar-refractivity contribution in [1.29, 1.82) is 0 Å². The van der Waals surface area contributed by atoms with Crippen molar-refractivity contribution in [3.63, 3.8) is 0 Å². The van der Waals surface area contributed by atoms with Crippen molar-refractivity contribution in [1.82, 2.24) is 15.2 Å². The minimum atomic E-state index is 0.481. The third-order valence-electron chi connectivity index (χ3n) is 3.96. The normalized spacial score (nSPS) is 22.3. The summed E-state index contributed by atoms with van der Waals surface area (Å²) in [6, 6.07) is 1.08. The molecule has 2 rings (SSSR count). The first-order valence-electron chi connectivity index (χ1n) is 7.52. The van der Waals surface area contributed by atoms with E-state index in [4.69, 9.17) is 0 Å². The predicted molar refractivity (Wildman–Crippen MR) is 82.7 cm³/mol. The van der Waals surface area contributed by atoms with E-state index in [0.29, 0.717) is 12.1 Å². The predicted octanol–water partition coefficient (Wildman–Crippen LogP) is 3.09. The Morgan fingerprint density at radius 1 is 1.47 bits per heavy atom. The molecule has 1 aromatic heterocycles. The SMILES string of the molecule is CCc1cnc(C(C)N2CCC(CNC(C)C)C2)s1. The molecule has 0 radical (unpaired) electrons. The van der Waals surface area contributed by atoms with Gasteiger partial charge in [-0.2, -0.15) is 0 Å². The van der Waals surface area contributed by atoms with Gasteiger partial charge in [0.15, 0.2) is 0 Å². The highest BCUT2D eigenvalue weighted by Crippen LogP contribution is 2.29. The monoisotopic (exact) mass is 281 g/mol. The van der Waals surface area contributed by atoms with Crippen LogP contribution in [0.25, 0.3) is 0 Å². The Morgan fingerprint density at radius 3 is 2.89 bits per heavy atom. The number of likely N-dealkylation sites (tertiary alicyclic amines) is 1. The lowest BCUT2D eigenvalue weighted by Gasteiger charge is -2.22. The lowest BCUT2D eigenvalue weighted by molar-refractivity contribution is 0.250. The van der Waals surface area contributed by atoms with Gasteiger partial charge in [0.05, 0.1) is 6.04 Å². The summed E-state index contributed by atoms with van der Waals surface area (Å²) in [6.07, 6.45) is 4.46. The molecule has 1 N–H and O–H groups in total. The smallest absolute Gasteiger partial charge is 0.110 e. The Labute approximate surface area is 121 Å². The lowest BCUT2D eigenvalue weighted by Crippen LogP contribution is -2.31. The molecule has 2 heterocycles. The molecule has 0 bridgehead atoms. The third kappa shape index (κ3) is 4.01. The maximum absolute atomic E-state index is 4.59. The Morgan fingerprint density at radius 2 is 2.26 bits per heavy atom. The Hall–Kier alpha value is -0.450. The second-order valence-corrected chi connectivity index (χ2v) is 7.05. The van der Waals surface area contributed by atoms with Crippen LogP contribution in [0.5, 0.6) is 0 Å². The molecular formula is C15H27N3S. The fraction of sp³-hybridized carbons (Fsp3) is 0.800. The van der Waals surface area contributed by atoms with Crippen LogP contribution in [0.4, 0.5) is 0 Å². The summed E-state index contributed by atoms with van der Waals surface area (Å²) < 4.78 is 0. The van der Waals surface area contributed by atoms with E-state index in [9.17, 15) is 0 Å². The van der Waals surface area contributed by atoms with E-state index >= 15 is 0 Å². The Kier molecular flexibility index (Phi) is 5.37. The summed E-state index contributed by atoms with van der Waals surface area (Å²) >= 11 is 1.88. The van der Waals surface area contributed by atoms with Gasteiger partial charge in [-0.05, 0) is 38.8 Å². The molecule has 1 saturated heterocycles. The molecular weight excluding hydrogens is 254 g/mol. The van der Waals surface area contributed by atoms with Crippen molar-refractivity contribution in [2.45, 2.75) is 52.6 Å². The number of nitrogens with zero attached hydrogens (tertiary/aromatic N) is 2. The van der Waals surface area contributed by atoms with E-state index < -0.39 is 0 Å². The minimum Gasteiger partial charge on any atom is -0.314 e. The summed E-state index contributed by atoms with van der Waals surface area (Å²) in [4.78, 5) is 8.58. The van der Waals surface area contributed by atoms with Gasteiger partial charge in [0.25, 0.3) is 0 Å². The summed E-state index contributed by atoms with van der Waals surface area (Å²) in [5, 5.41) is 4.85. The summed E-state index contributed by atoms with van der Waals surface area (Å²) in [6.45, 7) is 12.5. The van der Waals surface area contributed by atoms with E-state index in [1.54, 1.807) is 0 Å². The van der Waals surface area contributed by atoms with Gasteiger partial charge in [-0.1, -0.05) is 20.8 Å². The van der Waals surface area contributed by atoms with Gasteiger partial charge < -0.3 is 5.32 Å². The van der Waals surface area contributed by atoms with Crippen LogP contribution < -0.4 is 5.32 Å². The zero-order valence-corrected chi connectivity index (χ0v) is 13.5. The molecule has 1 aromatic rings. The Bertz CT molecular complexity index is 388. The van der Waals surface area contributed by atoms with Gasteiger partial charge >= 0.3 is 0 Å². The molecule has 1 aliphatic rings. The first-order valence-corrected chi connectivity index (χ1v) is 8.33. The average molecular weight is 281 g/mol. The van der Waals surface area contributed by atoms with Crippen molar-refractivity contribution < 1.29 is 0 Å². The maximum atomic E-state index is 4.59. The first kappa shape index (κ1) is 14.9. The van der Waals surface area contributed by atoms with Crippen LogP contribution in [0, 0.1) is 5.92 Å². The number of aryl methyl sites for hydroxylation is 1. The van der Waals surface area contributed by atoms with E-state index in [1.165, 1.54) is 29.4 Å². The van der Waals surface area contributed by atoms with Gasteiger partial charge in [0.2, 0.25) is 0 Å². The van der Waals surface area contributed by atoms with Crippen molar-refractivity contribution in [3.05, 3.63) is 16.1 Å². The van der Waals surface area contributed by atoms with Gasteiger partial charge in [0.1, 0.15) is 5.01 Å². The second kappa shape index (κ2) is 6.82. The van der Waals surface area contributed by atoms with Crippen molar-refractivity contribution in [2.24, 2.45) is 5.92 Å². The van der Waals surface area contributed by atoms with E-state index in [1.807, 2.05) is 17.5 Å². The number of hydrogen-bond acceptors (Lipinski definition) is 4. The van der Waals surface area contributed by atoms with Crippen LogP contribution >= 0.6 is 11.3 Å². The largest absolute Gasteiger partial charge is 0.314 e. The van der Waals surface area contributed by atoms with Crippen LogP contribution in [0.2, 0.25) is 0 Å². The molecule has 0 spiro atoms. The van der Waals surface area contributed by atoms with E-state index in [0.717, 1.165) is 18.9 Å². The zero-order valence-electron chi connectivity index (χ0n) is 12.6. The first-order chi connectivity index (χ1) is 9.10. The van der Waals surface area contributed by atoms with Gasteiger partial charge in [-0.25, -0.2) is 4.98 Å². The van der Waals surface area contributed by atoms with Gasteiger partial charge in [0, 0.05) is 23.7 Å². The van der Waals surface area contributed by atoms with Crippen LogP contribution in [-0.4, -0.2) is 35.6 Å². The summed E-state index contributed by atoms with van der Waals surface area (Å²) in [7, 11) is 0. The highest BCUT2D eigenvalue weighted by atomic mass is 32.1. The molecule has 1 fully saturated rings. The topological polar surface area (TPSA) is 28.2 Å². The number of rotatable bonds is 6. The lowest BCUT2D eigenvalue weighted by atomic mass is 10.1. The van der Waals surface area contributed by atoms with Crippen LogP contribution in [0.3, 0.4) is 0 Å². The number of thiazole rings is 1. The molecule has 0 amide bonds. The molecule has 3 nitrogen and oxygen atoms in total. The van der Waals surface area contributed by atoms with Crippen molar-refractivity contribution in [2.75, 3.05) is 19.6 Å². The molecule has 108 valence electrons. The summed E-state index contributed by atoms with van der Waals surface area (Å²) in [5.74, 6) is 0.801. The number of hydrogen-bond donors (Lipinski definition) is 1. The highest BCUT2D eigenvalue weighted by molar-refractivity contribution is 7.11. The van der Waals surface area contributed by atoms with Gasteiger partial charge in [-0.3, -0.25) is 4.90 Å². The molecule has 0 aromatic carbocycles. The quantitative estimate of drug-likeness (QED) is 0.868. The van der Waals surface area contributed by atoms with Crippen molar-refractivity contribution in [3.8, 4) is 0 Å². The standard InChI is InChI=1S/C15H27N3S/c1-5-14-9-17-15(19-14)12(4)18-7-6-13(10-18)8-16-11(2)3/h9,11-13,16H,5-8,10H2,1-4H3. The fourth-order valence-corrected chi connectivity index (χ4v) is 3.56. The van der Waals surface area contributed by atoms with Crippen LogP contribution in [0.1, 0.15) is 50.0 Å². The molecule has 0 aliphatic carbocycles. The van der Waals surface area contributed by atoms with E-state index in [-0.39, 0.29) is 0 Å².